The summed E-state index contributed by atoms with van der Waals surface area (Å²) in [5.41, 5.74) is 1.57. The number of hydrogen-bond donors (Lipinski definition) is 1. The Morgan fingerprint density at radius 2 is 1.93 bits per heavy atom. The lowest BCUT2D eigenvalue weighted by molar-refractivity contribution is 0.0637. The van der Waals surface area contributed by atoms with Crippen LogP contribution in [0.2, 0.25) is 0 Å². The molecule has 5 nitrogen and oxygen atoms in total. The molecular weight excluding hydrogens is 405 g/mol. The fraction of sp³-hybridized carbons (Fsp3) is 0.474. The van der Waals surface area contributed by atoms with Crippen LogP contribution in [0.25, 0.3) is 10.6 Å². The van der Waals surface area contributed by atoms with E-state index in [2.05, 4.69) is 17.2 Å². The molecule has 3 rings (SSSR count). The van der Waals surface area contributed by atoms with Gasteiger partial charge in [0.25, 0.3) is 5.91 Å². The Kier molecular flexibility index (Phi) is 10.1. The third kappa shape index (κ3) is 5.82. The largest absolute Gasteiger partial charge is 0.497 e. The predicted molar refractivity (Wildman–Crippen MR) is 116 cm³/mol. The van der Waals surface area contributed by atoms with Gasteiger partial charge in [-0.05, 0) is 56.6 Å². The van der Waals surface area contributed by atoms with Gasteiger partial charge in [0.15, 0.2) is 0 Å². The minimum atomic E-state index is 0. The molecule has 0 bridgehead atoms. The maximum absolute atomic E-state index is 13.0. The summed E-state index contributed by atoms with van der Waals surface area (Å²) in [6, 6.07) is 8.10. The molecule has 1 aromatic heterocycles. The first-order valence-electron chi connectivity index (χ1n) is 8.84. The van der Waals surface area contributed by atoms with Crippen LogP contribution in [0, 0.1) is 0 Å². The molecular formula is C19H27Cl2N3O2S. The number of piperidine rings is 1. The van der Waals surface area contributed by atoms with Gasteiger partial charge in [-0.3, -0.25) is 4.79 Å². The van der Waals surface area contributed by atoms with Crippen molar-refractivity contribution in [2.75, 3.05) is 26.7 Å². The number of ether oxygens (including phenoxy) is 1. The molecule has 150 valence electrons. The molecule has 0 saturated carbocycles. The van der Waals surface area contributed by atoms with Crippen LogP contribution in [0.4, 0.5) is 0 Å². The van der Waals surface area contributed by atoms with Crippen molar-refractivity contribution < 1.29 is 9.53 Å². The standard InChI is InChI=1S/C19H25N3O2S.2ClH/c1-3-12-22(15-8-10-20-11-9-15)19(23)17-13-25-18(21-17)14-4-6-16(24-2)7-5-14;;/h4-7,13,15,20H,3,8-12H2,1-2H3;2*1H. The van der Waals surface area contributed by atoms with Crippen LogP contribution in [-0.4, -0.2) is 48.6 Å². The second kappa shape index (κ2) is 11.5. The van der Waals surface area contributed by atoms with E-state index in [1.165, 1.54) is 11.3 Å². The number of carbonyl (C=O) groups excluding carboxylic acids is 1. The highest BCUT2D eigenvalue weighted by Gasteiger charge is 2.27. The first-order chi connectivity index (χ1) is 12.2. The lowest BCUT2D eigenvalue weighted by Crippen LogP contribution is -2.46. The topological polar surface area (TPSA) is 54.5 Å². The normalized spacial score (nSPS) is 14.0. The van der Waals surface area contributed by atoms with Crippen LogP contribution in [0.3, 0.4) is 0 Å². The molecule has 1 saturated heterocycles. The monoisotopic (exact) mass is 431 g/mol. The van der Waals surface area contributed by atoms with E-state index < -0.39 is 0 Å². The summed E-state index contributed by atoms with van der Waals surface area (Å²) in [6.45, 7) is 4.86. The number of halogens is 2. The molecule has 8 heteroatoms. The zero-order chi connectivity index (χ0) is 17.6. The van der Waals surface area contributed by atoms with Crippen molar-refractivity contribution in [1.82, 2.24) is 15.2 Å². The van der Waals surface area contributed by atoms with Crippen LogP contribution >= 0.6 is 36.2 Å². The van der Waals surface area contributed by atoms with Gasteiger partial charge in [0.2, 0.25) is 0 Å². The van der Waals surface area contributed by atoms with Gasteiger partial charge in [-0.2, -0.15) is 0 Å². The van der Waals surface area contributed by atoms with E-state index in [4.69, 9.17) is 4.74 Å². The van der Waals surface area contributed by atoms with E-state index >= 15 is 0 Å². The van der Waals surface area contributed by atoms with E-state index in [0.717, 1.165) is 55.2 Å². The van der Waals surface area contributed by atoms with Gasteiger partial charge in [0, 0.05) is 23.5 Å². The summed E-state index contributed by atoms with van der Waals surface area (Å²) in [4.78, 5) is 19.6. The third-order valence-electron chi connectivity index (χ3n) is 4.54. The van der Waals surface area contributed by atoms with Crippen LogP contribution in [0.1, 0.15) is 36.7 Å². The van der Waals surface area contributed by atoms with Crippen molar-refractivity contribution in [1.29, 1.82) is 0 Å². The van der Waals surface area contributed by atoms with Gasteiger partial charge in [-0.1, -0.05) is 6.92 Å². The second-order valence-corrected chi connectivity index (χ2v) is 7.10. The highest BCUT2D eigenvalue weighted by Crippen LogP contribution is 2.27. The fourth-order valence-electron chi connectivity index (χ4n) is 3.19. The summed E-state index contributed by atoms with van der Waals surface area (Å²) in [6.07, 6.45) is 2.99. The van der Waals surface area contributed by atoms with Crippen molar-refractivity contribution in [2.24, 2.45) is 0 Å². The molecule has 0 aliphatic carbocycles. The number of benzene rings is 1. The Balaban J connectivity index is 0.00000182. The minimum absolute atomic E-state index is 0. The highest BCUT2D eigenvalue weighted by molar-refractivity contribution is 7.13. The molecule has 2 aromatic rings. The zero-order valence-corrected chi connectivity index (χ0v) is 18.1. The first-order valence-corrected chi connectivity index (χ1v) is 9.72. The van der Waals surface area contributed by atoms with Crippen molar-refractivity contribution >= 4 is 42.1 Å². The summed E-state index contributed by atoms with van der Waals surface area (Å²) >= 11 is 1.51. The van der Waals surface area contributed by atoms with E-state index in [9.17, 15) is 4.79 Å². The molecule has 0 unspecified atom stereocenters. The molecule has 1 amide bonds. The van der Waals surface area contributed by atoms with Crippen LogP contribution < -0.4 is 10.1 Å². The number of aromatic nitrogens is 1. The summed E-state index contributed by atoms with van der Waals surface area (Å²) in [7, 11) is 1.65. The summed E-state index contributed by atoms with van der Waals surface area (Å²) in [5, 5.41) is 6.11. The number of hydrogen-bond acceptors (Lipinski definition) is 5. The fourth-order valence-corrected chi connectivity index (χ4v) is 3.99. The maximum Gasteiger partial charge on any atom is 0.273 e. The van der Waals surface area contributed by atoms with Gasteiger partial charge < -0.3 is 15.0 Å². The van der Waals surface area contributed by atoms with Gasteiger partial charge in [0.05, 0.1) is 7.11 Å². The molecule has 0 spiro atoms. The van der Waals surface area contributed by atoms with Gasteiger partial charge in [-0.15, -0.1) is 36.2 Å². The van der Waals surface area contributed by atoms with Crippen molar-refractivity contribution in [3.05, 3.63) is 35.3 Å². The molecule has 1 N–H and O–H groups in total. The Morgan fingerprint density at radius 1 is 1.26 bits per heavy atom. The molecule has 1 aliphatic rings. The average molecular weight is 432 g/mol. The number of nitrogens with one attached hydrogen (secondary N) is 1. The molecule has 0 atom stereocenters. The molecule has 1 aliphatic heterocycles. The second-order valence-electron chi connectivity index (χ2n) is 6.25. The maximum atomic E-state index is 13.0. The summed E-state index contributed by atoms with van der Waals surface area (Å²) < 4.78 is 5.19. The smallest absolute Gasteiger partial charge is 0.273 e. The molecule has 0 radical (unpaired) electrons. The number of carbonyl (C=O) groups is 1. The lowest BCUT2D eigenvalue weighted by atomic mass is 10.0. The SMILES string of the molecule is CCCN(C(=O)c1csc(-c2ccc(OC)cc2)n1)C1CCNCC1.Cl.Cl. The Morgan fingerprint density at radius 3 is 2.52 bits per heavy atom. The zero-order valence-electron chi connectivity index (χ0n) is 15.6. The predicted octanol–water partition coefficient (Wildman–Crippen LogP) is 4.27. The Labute approximate surface area is 177 Å². The first kappa shape index (κ1) is 23.7. The van der Waals surface area contributed by atoms with Crippen molar-refractivity contribution in [3.8, 4) is 16.3 Å². The number of methoxy groups -OCH3 is 1. The lowest BCUT2D eigenvalue weighted by Gasteiger charge is -2.34. The Bertz CT molecular complexity index is 703. The Hall–Kier alpha value is -1.34. The van der Waals surface area contributed by atoms with Crippen LogP contribution in [0.5, 0.6) is 5.75 Å². The van der Waals surface area contributed by atoms with Gasteiger partial charge in [-0.25, -0.2) is 4.98 Å². The van der Waals surface area contributed by atoms with Gasteiger partial charge in [0.1, 0.15) is 16.5 Å². The average Bonchev–Trinajstić information content (AvgIpc) is 3.16. The number of nitrogens with zero attached hydrogens (tertiary/aromatic N) is 2. The highest BCUT2D eigenvalue weighted by atomic mass is 35.5. The summed E-state index contributed by atoms with van der Waals surface area (Å²) in [5.74, 6) is 0.876. The molecule has 27 heavy (non-hydrogen) atoms. The number of thiazole rings is 1. The van der Waals surface area contributed by atoms with E-state index in [1.807, 2.05) is 34.5 Å². The van der Waals surface area contributed by atoms with Crippen molar-refractivity contribution in [3.63, 3.8) is 0 Å². The minimum Gasteiger partial charge on any atom is -0.497 e. The number of rotatable bonds is 6. The third-order valence-corrected chi connectivity index (χ3v) is 5.43. The quantitative estimate of drug-likeness (QED) is 0.741. The van der Waals surface area contributed by atoms with E-state index in [0.29, 0.717) is 11.7 Å². The molecule has 1 fully saturated rings. The van der Waals surface area contributed by atoms with Crippen LogP contribution in [-0.2, 0) is 0 Å². The van der Waals surface area contributed by atoms with E-state index in [1.54, 1.807) is 7.11 Å². The number of amides is 1. The molecule has 1 aromatic carbocycles. The van der Waals surface area contributed by atoms with Crippen LogP contribution in [0.15, 0.2) is 29.6 Å². The molecule has 2 heterocycles. The van der Waals surface area contributed by atoms with E-state index in [-0.39, 0.29) is 30.7 Å². The van der Waals surface area contributed by atoms with Crippen molar-refractivity contribution in [2.45, 2.75) is 32.2 Å². The van der Waals surface area contributed by atoms with Gasteiger partial charge >= 0.3 is 0 Å².